The van der Waals surface area contributed by atoms with Crippen LogP contribution in [-0.4, -0.2) is 71.0 Å². The zero-order valence-corrected chi connectivity index (χ0v) is 32.2. The van der Waals surface area contributed by atoms with Gasteiger partial charge in [-0.2, -0.15) is 5.26 Å². The fourth-order valence-corrected chi connectivity index (χ4v) is 7.18. The first-order valence-electron chi connectivity index (χ1n) is 18.2. The SMILES string of the molecule is CCCC(NC(=O)CC#N)c1ccc(OCCCCCCN2CCN(c3cc(Nc4ncc(C(=O)Nc5c(C)cccc5Cl)s4)nc(C)n3)CC2)cc1. The van der Waals surface area contributed by atoms with E-state index in [0.717, 1.165) is 93.9 Å². The Morgan fingerprint density at radius 3 is 2.55 bits per heavy atom. The van der Waals surface area contributed by atoms with Gasteiger partial charge in [-0.15, -0.1) is 0 Å². The highest BCUT2D eigenvalue weighted by atomic mass is 35.5. The van der Waals surface area contributed by atoms with Gasteiger partial charge in [0.05, 0.1) is 35.6 Å². The summed E-state index contributed by atoms with van der Waals surface area (Å²) in [6, 6.07) is 17.1. The quantitative estimate of drug-likeness (QED) is 0.0858. The van der Waals surface area contributed by atoms with Crippen LogP contribution in [0.3, 0.4) is 0 Å². The van der Waals surface area contributed by atoms with Crippen molar-refractivity contribution in [3.8, 4) is 11.8 Å². The Labute approximate surface area is 320 Å². The van der Waals surface area contributed by atoms with Crippen molar-refractivity contribution in [2.45, 2.75) is 71.8 Å². The van der Waals surface area contributed by atoms with Gasteiger partial charge in [0, 0.05) is 32.2 Å². The molecule has 1 aliphatic rings. The smallest absolute Gasteiger partial charge is 0.267 e. The minimum absolute atomic E-state index is 0.0943. The number of hydrogen-bond acceptors (Lipinski definition) is 11. The lowest BCUT2D eigenvalue weighted by Gasteiger charge is -2.35. The van der Waals surface area contributed by atoms with Crippen LogP contribution in [0.4, 0.5) is 22.5 Å². The Balaban J connectivity index is 0.989. The summed E-state index contributed by atoms with van der Waals surface area (Å²) in [4.78, 5) is 43.8. The van der Waals surface area contributed by atoms with Crippen LogP contribution in [0.15, 0.2) is 54.7 Å². The molecule has 0 radical (unpaired) electrons. The van der Waals surface area contributed by atoms with E-state index in [4.69, 9.17) is 26.6 Å². The van der Waals surface area contributed by atoms with Gasteiger partial charge < -0.3 is 25.6 Å². The van der Waals surface area contributed by atoms with E-state index in [1.54, 1.807) is 12.3 Å². The summed E-state index contributed by atoms with van der Waals surface area (Å²) in [5, 5.41) is 18.9. The molecule has 4 aromatic rings. The van der Waals surface area contributed by atoms with Gasteiger partial charge in [-0.05, 0) is 69.0 Å². The molecule has 2 amide bonds. The minimum Gasteiger partial charge on any atom is -0.494 e. The molecule has 3 heterocycles. The van der Waals surface area contributed by atoms with E-state index >= 15 is 0 Å². The summed E-state index contributed by atoms with van der Waals surface area (Å²) < 4.78 is 5.97. The number of para-hydroxylation sites is 1. The highest BCUT2D eigenvalue weighted by molar-refractivity contribution is 7.17. The third kappa shape index (κ3) is 11.9. The van der Waals surface area contributed by atoms with Crippen molar-refractivity contribution in [2.24, 2.45) is 0 Å². The topological polar surface area (TPSA) is 148 Å². The van der Waals surface area contributed by atoms with E-state index in [-0.39, 0.29) is 24.3 Å². The van der Waals surface area contributed by atoms with Crippen molar-refractivity contribution in [3.05, 3.63) is 81.6 Å². The lowest BCUT2D eigenvalue weighted by Crippen LogP contribution is -2.47. The average molecular weight is 758 g/mol. The molecule has 1 fully saturated rings. The van der Waals surface area contributed by atoms with Crippen LogP contribution in [-0.2, 0) is 4.79 Å². The Kier molecular flexibility index (Phi) is 14.8. The fraction of sp³-hybridized carbons (Fsp3) is 0.436. The standard InChI is InChI=1S/C39H48ClN9O3S/c1-4-10-32(45-36(50)17-18-41)29-13-15-30(16-14-29)52-24-8-6-5-7-19-48-20-22-49(23-21-48)35-25-34(43-28(3)44-35)46-39-42-26-33(53-39)38(51)47-37-27(2)11-9-12-31(37)40/h9,11-16,25-26,32H,4-8,10,17,19-24H2,1-3H3,(H,45,50)(H,47,51)(H,42,43,44,46). The fourth-order valence-electron chi connectivity index (χ4n) is 6.20. The Hall–Kier alpha value is -4.77. The molecule has 0 spiro atoms. The van der Waals surface area contributed by atoms with Gasteiger partial charge in [-0.1, -0.05) is 73.4 Å². The first-order chi connectivity index (χ1) is 25.7. The number of piperazine rings is 1. The molecule has 2 aromatic heterocycles. The summed E-state index contributed by atoms with van der Waals surface area (Å²) in [6.45, 7) is 11.3. The van der Waals surface area contributed by atoms with Gasteiger partial charge in [0.2, 0.25) is 5.91 Å². The third-order valence-electron chi connectivity index (χ3n) is 9.02. The third-order valence-corrected chi connectivity index (χ3v) is 10.2. The lowest BCUT2D eigenvalue weighted by molar-refractivity contribution is -0.120. The van der Waals surface area contributed by atoms with Crippen molar-refractivity contribution < 1.29 is 14.3 Å². The molecule has 2 aromatic carbocycles. The molecule has 1 unspecified atom stereocenters. The second-order valence-corrected chi connectivity index (χ2v) is 14.5. The van der Waals surface area contributed by atoms with Crippen LogP contribution >= 0.6 is 22.9 Å². The second-order valence-electron chi connectivity index (χ2n) is 13.1. The van der Waals surface area contributed by atoms with Gasteiger partial charge in [-0.3, -0.25) is 14.5 Å². The predicted molar refractivity (Wildman–Crippen MR) is 211 cm³/mol. The molecule has 12 nitrogen and oxygen atoms in total. The normalized spacial score (nSPS) is 13.6. The number of carbonyl (C=O) groups is 2. The first kappa shape index (κ1) is 39.4. The summed E-state index contributed by atoms with van der Waals surface area (Å²) in [6.07, 6.45) is 7.59. The number of thiazole rings is 1. The molecule has 5 rings (SSSR count). The molecule has 1 saturated heterocycles. The molecule has 0 saturated carbocycles. The van der Waals surface area contributed by atoms with Crippen LogP contribution < -0.4 is 25.6 Å². The number of ether oxygens (including phenoxy) is 1. The zero-order chi connectivity index (χ0) is 37.6. The Morgan fingerprint density at radius 1 is 1.04 bits per heavy atom. The number of aromatic nitrogens is 3. The monoisotopic (exact) mass is 757 g/mol. The van der Waals surface area contributed by atoms with E-state index in [1.807, 2.05) is 62.4 Å². The van der Waals surface area contributed by atoms with Gasteiger partial charge in [0.25, 0.3) is 5.91 Å². The minimum atomic E-state index is -0.267. The summed E-state index contributed by atoms with van der Waals surface area (Å²) in [5.41, 5.74) is 2.51. The van der Waals surface area contributed by atoms with Crippen LogP contribution in [0.1, 0.15) is 84.5 Å². The number of nitrogens with zero attached hydrogens (tertiary/aromatic N) is 6. The highest BCUT2D eigenvalue weighted by Gasteiger charge is 2.20. The largest absolute Gasteiger partial charge is 0.494 e. The molecule has 0 aliphatic carbocycles. The van der Waals surface area contributed by atoms with Crippen molar-refractivity contribution in [1.29, 1.82) is 5.26 Å². The number of nitriles is 1. The summed E-state index contributed by atoms with van der Waals surface area (Å²) >= 11 is 7.54. The number of hydrogen-bond donors (Lipinski definition) is 3. The number of benzene rings is 2. The van der Waals surface area contributed by atoms with E-state index in [2.05, 4.69) is 42.6 Å². The number of nitrogens with one attached hydrogen (secondary N) is 3. The number of amides is 2. The van der Waals surface area contributed by atoms with Gasteiger partial charge >= 0.3 is 0 Å². The van der Waals surface area contributed by atoms with Crippen LogP contribution in [0, 0.1) is 25.2 Å². The molecule has 0 bridgehead atoms. The maximum atomic E-state index is 12.9. The molecular formula is C39H48ClN9O3S. The van der Waals surface area contributed by atoms with E-state index in [1.165, 1.54) is 11.3 Å². The number of aryl methyl sites for hydroxylation is 2. The van der Waals surface area contributed by atoms with Crippen LogP contribution in [0.25, 0.3) is 0 Å². The molecule has 53 heavy (non-hydrogen) atoms. The molecule has 280 valence electrons. The van der Waals surface area contributed by atoms with Gasteiger partial charge in [0.15, 0.2) is 5.13 Å². The maximum absolute atomic E-state index is 12.9. The predicted octanol–water partition coefficient (Wildman–Crippen LogP) is 7.83. The maximum Gasteiger partial charge on any atom is 0.267 e. The van der Waals surface area contributed by atoms with E-state index < -0.39 is 0 Å². The molecule has 14 heteroatoms. The van der Waals surface area contributed by atoms with Gasteiger partial charge in [-0.25, -0.2) is 15.0 Å². The van der Waals surface area contributed by atoms with Crippen LogP contribution in [0.5, 0.6) is 5.75 Å². The lowest BCUT2D eigenvalue weighted by atomic mass is 10.0. The number of carbonyl (C=O) groups excluding carboxylic acids is 2. The number of halogens is 1. The molecule has 1 aliphatic heterocycles. The second kappa shape index (κ2) is 19.9. The van der Waals surface area contributed by atoms with E-state index in [9.17, 15) is 9.59 Å². The molecular weight excluding hydrogens is 710 g/mol. The summed E-state index contributed by atoms with van der Waals surface area (Å²) in [5.74, 6) is 2.49. The van der Waals surface area contributed by atoms with Gasteiger partial charge in [0.1, 0.15) is 34.5 Å². The zero-order valence-electron chi connectivity index (χ0n) is 30.7. The first-order valence-corrected chi connectivity index (χ1v) is 19.4. The Morgan fingerprint density at radius 2 is 1.81 bits per heavy atom. The van der Waals surface area contributed by atoms with Crippen molar-refractivity contribution in [2.75, 3.05) is 54.9 Å². The number of unbranched alkanes of at least 4 members (excludes halogenated alkanes) is 3. The van der Waals surface area contributed by atoms with Crippen molar-refractivity contribution >= 4 is 57.2 Å². The number of rotatable bonds is 18. The van der Waals surface area contributed by atoms with Crippen molar-refractivity contribution in [1.82, 2.24) is 25.2 Å². The van der Waals surface area contributed by atoms with E-state index in [0.29, 0.717) is 39.0 Å². The number of anilines is 4. The van der Waals surface area contributed by atoms with Crippen molar-refractivity contribution in [3.63, 3.8) is 0 Å². The highest BCUT2D eigenvalue weighted by Crippen LogP contribution is 2.29. The average Bonchev–Trinajstić information content (AvgIpc) is 3.61. The summed E-state index contributed by atoms with van der Waals surface area (Å²) in [7, 11) is 0. The van der Waals surface area contributed by atoms with Crippen LogP contribution in [0.2, 0.25) is 5.02 Å². The Bertz CT molecular complexity index is 1840. The molecule has 1 atom stereocenters. The molecule has 3 N–H and O–H groups in total.